The van der Waals surface area contributed by atoms with Crippen LogP contribution in [0.25, 0.3) is 0 Å². The molecule has 0 radical (unpaired) electrons. The van der Waals surface area contributed by atoms with Crippen LogP contribution in [0.4, 0.5) is 18.9 Å². The van der Waals surface area contributed by atoms with Crippen molar-refractivity contribution < 1.29 is 18.0 Å². The second-order valence-corrected chi connectivity index (χ2v) is 4.11. The van der Waals surface area contributed by atoms with E-state index in [2.05, 4.69) is 0 Å². The molecule has 17 heavy (non-hydrogen) atoms. The van der Waals surface area contributed by atoms with Crippen molar-refractivity contribution in [3.05, 3.63) is 28.8 Å². The molecule has 0 fully saturated rings. The number of benzene rings is 1. The average molecular weight is 245 g/mol. The van der Waals surface area contributed by atoms with Crippen molar-refractivity contribution in [2.45, 2.75) is 26.9 Å². The van der Waals surface area contributed by atoms with E-state index in [0.717, 1.165) is 12.6 Å². The summed E-state index contributed by atoms with van der Waals surface area (Å²) in [6, 6.07) is 3.50. The summed E-state index contributed by atoms with van der Waals surface area (Å²) in [5.74, 6) is -1.85. The van der Waals surface area contributed by atoms with Gasteiger partial charge in [0.2, 0.25) is 0 Å². The molecular weight excluding hydrogens is 231 g/mol. The number of hydrogen-bond donors (Lipinski definition) is 0. The number of anilines is 1. The van der Waals surface area contributed by atoms with Crippen molar-refractivity contribution >= 4 is 11.6 Å². The van der Waals surface area contributed by atoms with E-state index < -0.39 is 12.1 Å². The van der Waals surface area contributed by atoms with Crippen LogP contribution in [0.1, 0.15) is 16.7 Å². The number of rotatable bonds is 1. The minimum Gasteiger partial charge on any atom is -0.307 e. The summed E-state index contributed by atoms with van der Waals surface area (Å²) in [6.07, 6.45) is -4.85. The number of halogens is 3. The molecule has 0 atom stereocenters. The molecule has 0 spiro atoms. The number of aryl methyl sites for hydroxylation is 3. The van der Waals surface area contributed by atoms with Gasteiger partial charge in [0.15, 0.2) is 0 Å². The van der Waals surface area contributed by atoms with Crippen molar-refractivity contribution in [1.29, 1.82) is 0 Å². The van der Waals surface area contributed by atoms with Crippen LogP contribution >= 0.6 is 0 Å². The van der Waals surface area contributed by atoms with Gasteiger partial charge in [-0.3, -0.25) is 4.79 Å². The van der Waals surface area contributed by atoms with E-state index in [-0.39, 0.29) is 0 Å². The van der Waals surface area contributed by atoms with Gasteiger partial charge >= 0.3 is 12.1 Å². The van der Waals surface area contributed by atoms with Crippen LogP contribution in [-0.2, 0) is 4.79 Å². The Morgan fingerprint density at radius 1 is 1.12 bits per heavy atom. The summed E-state index contributed by atoms with van der Waals surface area (Å²) in [5.41, 5.74) is 2.58. The Kier molecular flexibility index (Phi) is 3.50. The van der Waals surface area contributed by atoms with Crippen molar-refractivity contribution in [3.8, 4) is 0 Å². The van der Waals surface area contributed by atoms with Gasteiger partial charge < -0.3 is 4.90 Å². The molecule has 1 amide bonds. The van der Waals surface area contributed by atoms with Crippen molar-refractivity contribution in [1.82, 2.24) is 0 Å². The number of carbonyl (C=O) groups is 1. The molecule has 0 aromatic heterocycles. The highest BCUT2D eigenvalue weighted by Gasteiger charge is 2.42. The first kappa shape index (κ1) is 13.5. The second kappa shape index (κ2) is 4.39. The van der Waals surface area contributed by atoms with Crippen LogP contribution in [0.2, 0.25) is 0 Å². The zero-order valence-corrected chi connectivity index (χ0v) is 10.1. The van der Waals surface area contributed by atoms with E-state index in [1.165, 1.54) is 0 Å². The van der Waals surface area contributed by atoms with E-state index in [1.807, 2.05) is 6.92 Å². The SMILES string of the molecule is Cc1cc(C)c(N(C)C(=O)C(F)(F)F)c(C)c1. The molecule has 1 aromatic carbocycles. The van der Waals surface area contributed by atoms with Crippen LogP contribution in [0.3, 0.4) is 0 Å². The van der Waals surface area contributed by atoms with Gasteiger partial charge in [-0.05, 0) is 31.9 Å². The molecule has 2 nitrogen and oxygen atoms in total. The monoisotopic (exact) mass is 245 g/mol. The van der Waals surface area contributed by atoms with Crippen molar-refractivity contribution in [2.75, 3.05) is 11.9 Å². The van der Waals surface area contributed by atoms with Gasteiger partial charge in [-0.25, -0.2) is 0 Å². The first-order valence-corrected chi connectivity index (χ1v) is 5.07. The molecule has 0 unspecified atom stereocenters. The Morgan fingerprint density at radius 3 is 1.88 bits per heavy atom. The lowest BCUT2D eigenvalue weighted by molar-refractivity contribution is -0.170. The fraction of sp³-hybridized carbons (Fsp3) is 0.417. The van der Waals surface area contributed by atoms with Crippen LogP contribution in [0.5, 0.6) is 0 Å². The fourth-order valence-corrected chi connectivity index (χ4v) is 1.99. The molecule has 94 valence electrons. The lowest BCUT2D eigenvalue weighted by Crippen LogP contribution is -2.39. The molecule has 1 rings (SSSR count). The maximum atomic E-state index is 12.3. The maximum absolute atomic E-state index is 12.3. The Morgan fingerprint density at radius 2 is 1.53 bits per heavy atom. The minimum absolute atomic E-state index is 0.318. The molecule has 0 saturated heterocycles. The first-order valence-electron chi connectivity index (χ1n) is 5.07. The Bertz CT molecular complexity index is 429. The predicted octanol–water partition coefficient (Wildman–Crippen LogP) is 3.14. The number of alkyl halides is 3. The van der Waals surface area contributed by atoms with E-state index in [9.17, 15) is 18.0 Å². The molecule has 0 N–H and O–H groups in total. The number of amides is 1. The van der Waals surface area contributed by atoms with Crippen LogP contribution < -0.4 is 4.90 Å². The Hall–Kier alpha value is -1.52. The molecule has 0 bridgehead atoms. The van der Waals surface area contributed by atoms with E-state index in [4.69, 9.17) is 0 Å². The molecule has 0 saturated carbocycles. The van der Waals surface area contributed by atoms with Crippen molar-refractivity contribution in [2.24, 2.45) is 0 Å². The summed E-state index contributed by atoms with van der Waals surface area (Å²) in [4.78, 5) is 11.8. The summed E-state index contributed by atoms with van der Waals surface area (Å²) >= 11 is 0. The lowest BCUT2D eigenvalue weighted by atomic mass is 10.0. The zero-order chi connectivity index (χ0) is 13.4. The largest absolute Gasteiger partial charge is 0.471 e. The number of hydrogen-bond acceptors (Lipinski definition) is 1. The smallest absolute Gasteiger partial charge is 0.307 e. The fourth-order valence-electron chi connectivity index (χ4n) is 1.99. The van der Waals surface area contributed by atoms with Gasteiger partial charge in [0.1, 0.15) is 0 Å². The molecule has 0 heterocycles. The van der Waals surface area contributed by atoms with Gasteiger partial charge in [0, 0.05) is 12.7 Å². The highest BCUT2D eigenvalue weighted by atomic mass is 19.4. The third-order valence-electron chi connectivity index (χ3n) is 2.52. The summed E-state index contributed by atoms with van der Waals surface area (Å²) in [6.45, 7) is 5.24. The highest BCUT2D eigenvalue weighted by Crippen LogP contribution is 2.28. The third kappa shape index (κ3) is 2.78. The van der Waals surface area contributed by atoms with E-state index >= 15 is 0 Å². The molecule has 0 aliphatic rings. The highest BCUT2D eigenvalue weighted by molar-refractivity contribution is 5.98. The average Bonchev–Trinajstić information content (AvgIpc) is 2.13. The lowest BCUT2D eigenvalue weighted by Gasteiger charge is -2.23. The summed E-state index contributed by atoms with van der Waals surface area (Å²) < 4.78 is 37.0. The standard InChI is InChI=1S/C12H14F3NO/c1-7-5-8(2)10(9(3)6-7)16(4)11(17)12(13,14)15/h5-6H,1-4H3. The van der Waals surface area contributed by atoms with Gasteiger partial charge in [-0.2, -0.15) is 13.2 Å². The van der Waals surface area contributed by atoms with Gasteiger partial charge in [0.25, 0.3) is 0 Å². The molecule has 1 aromatic rings. The summed E-state index contributed by atoms with van der Waals surface area (Å²) in [7, 11) is 1.14. The topological polar surface area (TPSA) is 20.3 Å². The van der Waals surface area contributed by atoms with Crippen molar-refractivity contribution in [3.63, 3.8) is 0 Å². The van der Waals surface area contributed by atoms with Crippen LogP contribution in [0.15, 0.2) is 12.1 Å². The van der Waals surface area contributed by atoms with E-state index in [0.29, 0.717) is 21.7 Å². The van der Waals surface area contributed by atoms with Crippen LogP contribution in [0, 0.1) is 20.8 Å². The predicted molar refractivity (Wildman–Crippen MR) is 60.1 cm³/mol. The van der Waals surface area contributed by atoms with Gasteiger partial charge in [-0.15, -0.1) is 0 Å². The third-order valence-corrected chi connectivity index (χ3v) is 2.52. The second-order valence-electron chi connectivity index (χ2n) is 4.11. The first-order chi connectivity index (χ1) is 7.64. The molecular formula is C12H14F3NO. The summed E-state index contributed by atoms with van der Waals surface area (Å²) in [5, 5.41) is 0. The molecule has 0 aliphatic carbocycles. The quantitative estimate of drug-likeness (QED) is 0.744. The molecule has 0 aliphatic heterocycles. The minimum atomic E-state index is -4.85. The Labute approximate surface area is 98.0 Å². The number of nitrogens with zero attached hydrogens (tertiary/aromatic N) is 1. The number of carbonyl (C=O) groups excluding carboxylic acids is 1. The van der Waals surface area contributed by atoms with Gasteiger partial charge in [0.05, 0.1) is 0 Å². The normalized spacial score (nSPS) is 11.5. The molecule has 5 heteroatoms. The van der Waals surface area contributed by atoms with Gasteiger partial charge in [-0.1, -0.05) is 17.7 Å². The van der Waals surface area contributed by atoms with E-state index in [1.54, 1.807) is 26.0 Å². The Balaban J connectivity index is 3.22. The zero-order valence-electron chi connectivity index (χ0n) is 10.1. The maximum Gasteiger partial charge on any atom is 0.471 e. The van der Waals surface area contributed by atoms with Crippen LogP contribution in [-0.4, -0.2) is 19.1 Å².